The topological polar surface area (TPSA) is 43.0 Å². The molecule has 2 aromatic carbocycles. The first-order valence-electron chi connectivity index (χ1n) is 9.17. The van der Waals surface area contributed by atoms with E-state index in [1.54, 1.807) is 13.2 Å². The molecule has 28 heavy (non-hydrogen) atoms. The Labute approximate surface area is 172 Å². The molecule has 1 unspecified atom stereocenters. The summed E-state index contributed by atoms with van der Waals surface area (Å²) in [6, 6.07) is 13.4. The SMILES string of the molecule is COc1cccc([C@@H](C)NCC2COCCN2c2ccc(OC)c(F)c2)c1.Cl. The van der Waals surface area contributed by atoms with E-state index in [-0.39, 0.29) is 36.1 Å². The van der Waals surface area contributed by atoms with Gasteiger partial charge in [0.1, 0.15) is 5.75 Å². The number of hydrogen-bond acceptors (Lipinski definition) is 5. The number of nitrogens with one attached hydrogen (secondary N) is 1. The fraction of sp³-hybridized carbons (Fsp3) is 0.429. The van der Waals surface area contributed by atoms with Gasteiger partial charge in [-0.25, -0.2) is 4.39 Å². The van der Waals surface area contributed by atoms with Gasteiger partial charge >= 0.3 is 0 Å². The minimum absolute atomic E-state index is 0. The van der Waals surface area contributed by atoms with E-state index in [4.69, 9.17) is 14.2 Å². The number of hydrogen-bond donors (Lipinski definition) is 1. The van der Waals surface area contributed by atoms with Gasteiger partial charge in [0.05, 0.1) is 33.5 Å². The normalized spacial score (nSPS) is 17.6. The summed E-state index contributed by atoms with van der Waals surface area (Å²) in [6.45, 7) is 4.81. The Morgan fingerprint density at radius 1 is 1.21 bits per heavy atom. The molecule has 0 aromatic heterocycles. The molecule has 1 N–H and O–H groups in total. The van der Waals surface area contributed by atoms with Crippen LogP contribution in [0.15, 0.2) is 42.5 Å². The first-order chi connectivity index (χ1) is 13.1. The molecular formula is C21H28ClFN2O3. The van der Waals surface area contributed by atoms with Crippen molar-refractivity contribution in [2.45, 2.75) is 19.0 Å². The molecule has 1 fully saturated rings. The van der Waals surface area contributed by atoms with Gasteiger partial charge in [0.15, 0.2) is 11.6 Å². The van der Waals surface area contributed by atoms with Crippen molar-refractivity contribution in [1.29, 1.82) is 0 Å². The molecule has 5 nitrogen and oxygen atoms in total. The Balaban J connectivity index is 0.00000280. The predicted molar refractivity (Wildman–Crippen MR) is 112 cm³/mol. The molecule has 0 bridgehead atoms. The van der Waals surface area contributed by atoms with E-state index < -0.39 is 0 Å². The zero-order valence-corrected chi connectivity index (χ0v) is 17.3. The summed E-state index contributed by atoms with van der Waals surface area (Å²) in [5.41, 5.74) is 2.01. The van der Waals surface area contributed by atoms with Crippen LogP contribution in [-0.2, 0) is 4.74 Å². The lowest BCUT2D eigenvalue weighted by Gasteiger charge is -2.38. The number of benzene rings is 2. The molecule has 1 heterocycles. The second kappa shape index (κ2) is 10.5. The van der Waals surface area contributed by atoms with Crippen LogP contribution in [0.5, 0.6) is 11.5 Å². The lowest BCUT2D eigenvalue weighted by atomic mass is 10.1. The molecule has 0 saturated carbocycles. The summed E-state index contributed by atoms with van der Waals surface area (Å²) in [5, 5.41) is 3.56. The Morgan fingerprint density at radius 3 is 2.75 bits per heavy atom. The highest BCUT2D eigenvalue weighted by Gasteiger charge is 2.24. The van der Waals surface area contributed by atoms with Crippen LogP contribution in [0.4, 0.5) is 10.1 Å². The van der Waals surface area contributed by atoms with E-state index in [9.17, 15) is 4.39 Å². The third-order valence-electron chi connectivity index (χ3n) is 4.95. The number of methoxy groups -OCH3 is 2. The van der Waals surface area contributed by atoms with Crippen LogP contribution in [0.25, 0.3) is 0 Å². The van der Waals surface area contributed by atoms with Gasteiger partial charge in [-0.3, -0.25) is 0 Å². The van der Waals surface area contributed by atoms with Crippen molar-refractivity contribution in [3.63, 3.8) is 0 Å². The van der Waals surface area contributed by atoms with E-state index in [1.807, 2.05) is 24.3 Å². The van der Waals surface area contributed by atoms with E-state index >= 15 is 0 Å². The molecule has 0 spiro atoms. The lowest BCUT2D eigenvalue weighted by Crippen LogP contribution is -2.51. The van der Waals surface area contributed by atoms with Crippen LogP contribution in [0.1, 0.15) is 18.5 Å². The Morgan fingerprint density at radius 2 is 2.04 bits per heavy atom. The first-order valence-corrected chi connectivity index (χ1v) is 9.17. The van der Waals surface area contributed by atoms with Crippen molar-refractivity contribution < 1.29 is 18.6 Å². The van der Waals surface area contributed by atoms with Crippen LogP contribution in [0.2, 0.25) is 0 Å². The van der Waals surface area contributed by atoms with Gasteiger partial charge in [0.2, 0.25) is 0 Å². The van der Waals surface area contributed by atoms with E-state index in [0.29, 0.717) is 13.2 Å². The minimum Gasteiger partial charge on any atom is -0.497 e. The van der Waals surface area contributed by atoms with Crippen LogP contribution in [-0.4, -0.2) is 46.6 Å². The smallest absolute Gasteiger partial charge is 0.167 e. The average Bonchev–Trinajstić information content (AvgIpc) is 2.72. The van der Waals surface area contributed by atoms with Gasteiger partial charge in [0.25, 0.3) is 0 Å². The third-order valence-corrected chi connectivity index (χ3v) is 4.95. The summed E-state index contributed by atoms with van der Waals surface area (Å²) in [5.74, 6) is 0.753. The van der Waals surface area contributed by atoms with Gasteiger partial charge in [-0.15, -0.1) is 12.4 Å². The summed E-state index contributed by atoms with van der Waals surface area (Å²) < 4.78 is 30.1. The van der Waals surface area contributed by atoms with Crippen molar-refractivity contribution in [2.75, 3.05) is 45.4 Å². The molecule has 7 heteroatoms. The molecule has 0 amide bonds. The highest BCUT2D eigenvalue weighted by molar-refractivity contribution is 5.85. The summed E-state index contributed by atoms with van der Waals surface area (Å²) >= 11 is 0. The fourth-order valence-corrected chi connectivity index (χ4v) is 3.34. The van der Waals surface area contributed by atoms with E-state index in [0.717, 1.165) is 30.1 Å². The first kappa shape index (κ1) is 22.3. The van der Waals surface area contributed by atoms with Gasteiger partial charge in [-0.05, 0) is 36.8 Å². The number of halogens is 2. The van der Waals surface area contributed by atoms with Crippen molar-refractivity contribution in [3.05, 3.63) is 53.8 Å². The second-order valence-electron chi connectivity index (χ2n) is 6.65. The standard InChI is InChI=1S/C21H27FN2O3.ClH/c1-15(16-5-4-6-19(11-16)25-2)23-13-18-14-27-10-9-24(18)17-7-8-21(26-3)20(22)12-17;/h4-8,11-12,15,18,23H,9-10,13-14H2,1-3H3;1H/t15-,18?;/m1./s1. The summed E-state index contributed by atoms with van der Waals surface area (Å²) in [7, 11) is 3.14. The molecule has 2 aromatic rings. The highest BCUT2D eigenvalue weighted by Crippen LogP contribution is 2.26. The molecule has 0 aliphatic carbocycles. The largest absolute Gasteiger partial charge is 0.497 e. The zero-order chi connectivity index (χ0) is 19.2. The van der Waals surface area contributed by atoms with Gasteiger partial charge < -0.3 is 24.4 Å². The van der Waals surface area contributed by atoms with E-state index in [1.165, 1.54) is 13.2 Å². The Bertz CT molecular complexity index is 762. The maximum atomic E-state index is 14.1. The molecule has 2 atom stereocenters. The molecule has 154 valence electrons. The Kier molecular flexibility index (Phi) is 8.35. The Hall–Kier alpha value is -2.02. The zero-order valence-electron chi connectivity index (χ0n) is 16.5. The minimum atomic E-state index is -0.349. The lowest BCUT2D eigenvalue weighted by molar-refractivity contribution is 0.0930. The monoisotopic (exact) mass is 410 g/mol. The van der Waals surface area contributed by atoms with Crippen LogP contribution < -0.4 is 19.7 Å². The average molecular weight is 411 g/mol. The number of ether oxygens (including phenoxy) is 3. The summed E-state index contributed by atoms with van der Waals surface area (Å²) in [4.78, 5) is 2.19. The number of nitrogens with zero attached hydrogens (tertiary/aromatic N) is 1. The van der Waals surface area contributed by atoms with Crippen molar-refractivity contribution in [2.24, 2.45) is 0 Å². The molecule has 1 aliphatic heterocycles. The quantitative estimate of drug-likeness (QED) is 0.751. The van der Waals surface area contributed by atoms with Gasteiger partial charge in [-0.1, -0.05) is 12.1 Å². The van der Waals surface area contributed by atoms with Crippen LogP contribution in [0.3, 0.4) is 0 Å². The van der Waals surface area contributed by atoms with Gasteiger partial charge in [-0.2, -0.15) is 0 Å². The second-order valence-corrected chi connectivity index (χ2v) is 6.65. The predicted octanol–water partition coefficient (Wildman–Crippen LogP) is 3.82. The fourth-order valence-electron chi connectivity index (χ4n) is 3.34. The van der Waals surface area contributed by atoms with Gasteiger partial charge in [0, 0.05) is 30.9 Å². The number of rotatable bonds is 7. The van der Waals surface area contributed by atoms with Crippen LogP contribution >= 0.6 is 12.4 Å². The highest BCUT2D eigenvalue weighted by atomic mass is 35.5. The third kappa shape index (κ3) is 5.28. The number of anilines is 1. The van der Waals surface area contributed by atoms with Crippen LogP contribution in [0, 0.1) is 5.82 Å². The molecule has 3 rings (SSSR count). The number of morpholine rings is 1. The molecule has 0 radical (unpaired) electrons. The molecular weight excluding hydrogens is 383 g/mol. The van der Waals surface area contributed by atoms with Crippen molar-refractivity contribution in [3.8, 4) is 11.5 Å². The molecule has 1 saturated heterocycles. The van der Waals surface area contributed by atoms with E-state index in [2.05, 4.69) is 23.2 Å². The van der Waals surface area contributed by atoms with Crippen molar-refractivity contribution >= 4 is 18.1 Å². The summed E-state index contributed by atoms with van der Waals surface area (Å²) in [6.07, 6.45) is 0. The molecule has 1 aliphatic rings. The maximum absolute atomic E-state index is 14.1. The maximum Gasteiger partial charge on any atom is 0.167 e. The van der Waals surface area contributed by atoms with Crippen molar-refractivity contribution in [1.82, 2.24) is 5.32 Å².